The number of rotatable bonds is 5. The molecule has 0 unspecified atom stereocenters. The Morgan fingerprint density at radius 1 is 1.30 bits per heavy atom. The molecule has 0 aliphatic rings. The fourth-order valence-electron chi connectivity index (χ4n) is 3.05. The number of aryl methyl sites for hydroxylation is 1. The first-order valence-electron chi connectivity index (χ1n) is 8.37. The minimum Gasteiger partial charge on any atom is -0.461 e. The van der Waals surface area contributed by atoms with E-state index < -0.39 is 17.3 Å². The van der Waals surface area contributed by atoms with Gasteiger partial charge in [0, 0.05) is 17.3 Å². The van der Waals surface area contributed by atoms with E-state index in [9.17, 15) is 18.8 Å². The van der Waals surface area contributed by atoms with Crippen LogP contribution in [0.3, 0.4) is 0 Å². The maximum atomic E-state index is 13.3. The highest BCUT2D eigenvalue weighted by Gasteiger charge is 2.23. The number of aromatic amines is 1. The number of nitrogens with one attached hydrogen (secondary N) is 1. The average Bonchev–Trinajstić information content (AvgIpc) is 2.92. The van der Waals surface area contributed by atoms with E-state index in [1.165, 1.54) is 23.0 Å². The third kappa shape index (κ3) is 3.38. The van der Waals surface area contributed by atoms with Gasteiger partial charge in [0.15, 0.2) is 5.78 Å². The summed E-state index contributed by atoms with van der Waals surface area (Å²) in [5.74, 6) is -1.38. The Morgan fingerprint density at radius 2 is 2.04 bits per heavy atom. The van der Waals surface area contributed by atoms with Crippen LogP contribution in [0, 0.1) is 19.7 Å². The van der Waals surface area contributed by atoms with Gasteiger partial charge in [0.1, 0.15) is 11.5 Å². The highest BCUT2D eigenvalue weighted by Crippen LogP contribution is 2.20. The predicted octanol–water partition coefficient (Wildman–Crippen LogP) is 2.54. The minimum absolute atomic E-state index is 0.220. The number of H-pyrrole nitrogens is 1. The second kappa shape index (κ2) is 7.14. The number of hydrogen-bond donors (Lipinski definition) is 1. The van der Waals surface area contributed by atoms with Crippen molar-refractivity contribution in [3.63, 3.8) is 0 Å². The van der Waals surface area contributed by atoms with Gasteiger partial charge in [0.05, 0.1) is 30.4 Å². The lowest BCUT2D eigenvalue weighted by Gasteiger charge is -2.07. The van der Waals surface area contributed by atoms with Gasteiger partial charge < -0.3 is 9.72 Å². The maximum Gasteiger partial charge on any atom is 0.355 e. The zero-order valence-electron chi connectivity index (χ0n) is 15.1. The molecule has 2 heterocycles. The molecule has 0 atom stereocenters. The van der Waals surface area contributed by atoms with Crippen molar-refractivity contribution in [1.82, 2.24) is 14.5 Å². The van der Waals surface area contributed by atoms with Gasteiger partial charge in [-0.1, -0.05) is 0 Å². The van der Waals surface area contributed by atoms with E-state index >= 15 is 0 Å². The lowest BCUT2D eigenvalue weighted by Crippen LogP contribution is -2.25. The summed E-state index contributed by atoms with van der Waals surface area (Å²) in [5, 5.41) is 0.224. The molecule has 8 heteroatoms. The van der Waals surface area contributed by atoms with Crippen LogP contribution in [0.25, 0.3) is 10.9 Å². The van der Waals surface area contributed by atoms with E-state index in [2.05, 4.69) is 9.97 Å². The van der Waals surface area contributed by atoms with Crippen LogP contribution in [0.1, 0.15) is 39.0 Å². The van der Waals surface area contributed by atoms with Crippen LogP contribution >= 0.6 is 0 Å². The Morgan fingerprint density at radius 3 is 2.74 bits per heavy atom. The van der Waals surface area contributed by atoms with E-state index in [0.29, 0.717) is 16.8 Å². The Balaban J connectivity index is 1.96. The van der Waals surface area contributed by atoms with Crippen LogP contribution in [0.4, 0.5) is 4.39 Å². The molecule has 7 nitrogen and oxygen atoms in total. The number of fused-ring (bicyclic) bond motifs is 1. The summed E-state index contributed by atoms with van der Waals surface area (Å²) < 4.78 is 19.4. The normalized spacial score (nSPS) is 11.0. The molecule has 3 aromatic rings. The number of Topliss-reactive ketones (excluding diaryl/α,β-unsaturated/α-hetero) is 1. The summed E-state index contributed by atoms with van der Waals surface area (Å²) in [7, 11) is 0. The molecule has 0 aliphatic heterocycles. The minimum atomic E-state index is -0.538. The molecule has 2 aromatic heterocycles. The molecule has 0 aliphatic carbocycles. The van der Waals surface area contributed by atoms with Crippen molar-refractivity contribution in [1.29, 1.82) is 0 Å². The Hall–Kier alpha value is -3.29. The molecule has 0 saturated heterocycles. The first-order valence-corrected chi connectivity index (χ1v) is 8.37. The third-order valence-electron chi connectivity index (χ3n) is 4.30. The fourth-order valence-corrected chi connectivity index (χ4v) is 3.05. The van der Waals surface area contributed by atoms with Gasteiger partial charge in [-0.25, -0.2) is 14.2 Å². The molecular weight excluding hydrogens is 353 g/mol. The van der Waals surface area contributed by atoms with E-state index in [1.807, 2.05) is 0 Å². The Bertz CT molecular complexity index is 1110. The number of esters is 1. The largest absolute Gasteiger partial charge is 0.461 e. The van der Waals surface area contributed by atoms with Crippen molar-refractivity contribution in [2.45, 2.75) is 27.3 Å². The van der Waals surface area contributed by atoms with Gasteiger partial charge >= 0.3 is 5.97 Å². The Kier molecular flexibility index (Phi) is 4.89. The number of nitrogens with zero attached hydrogens (tertiary/aromatic N) is 2. The molecule has 0 radical (unpaired) electrons. The molecule has 27 heavy (non-hydrogen) atoms. The van der Waals surface area contributed by atoms with Crippen LogP contribution < -0.4 is 5.56 Å². The molecule has 1 aromatic carbocycles. The van der Waals surface area contributed by atoms with Gasteiger partial charge in [-0.2, -0.15) is 0 Å². The number of ketones is 1. The predicted molar refractivity (Wildman–Crippen MR) is 96.5 cm³/mol. The maximum absolute atomic E-state index is 13.3. The van der Waals surface area contributed by atoms with E-state index in [1.54, 1.807) is 20.8 Å². The van der Waals surface area contributed by atoms with Gasteiger partial charge in [-0.05, 0) is 38.5 Å². The van der Waals surface area contributed by atoms with Crippen LogP contribution in [0.5, 0.6) is 0 Å². The van der Waals surface area contributed by atoms with E-state index in [-0.39, 0.29) is 35.5 Å². The fraction of sp³-hybridized carbons (Fsp3) is 0.263. The van der Waals surface area contributed by atoms with Crippen molar-refractivity contribution in [2.24, 2.45) is 0 Å². The monoisotopic (exact) mass is 371 g/mol. The average molecular weight is 371 g/mol. The van der Waals surface area contributed by atoms with Crippen LogP contribution in [-0.4, -0.2) is 32.9 Å². The Labute approximate surface area is 153 Å². The van der Waals surface area contributed by atoms with Crippen LogP contribution in [-0.2, 0) is 11.3 Å². The van der Waals surface area contributed by atoms with Crippen molar-refractivity contribution in [3.8, 4) is 0 Å². The molecule has 3 rings (SSSR count). The lowest BCUT2D eigenvalue weighted by molar-refractivity contribution is 0.0519. The van der Waals surface area contributed by atoms with Gasteiger partial charge in [-0.3, -0.25) is 14.2 Å². The zero-order valence-corrected chi connectivity index (χ0v) is 15.1. The molecule has 0 amide bonds. The number of halogens is 1. The van der Waals surface area contributed by atoms with Crippen molar-refractivity contribution in [2.75, 3.05) is 6.61 Å². The SMILES string of the molecule is CCOC(=O)c1[nH]c(C)c(C(=O)Cn2cnc3cc(F)ccc3c2=O)c1C. The molecule has 0 bridgehead atoms. The summed E-state index contributed by atoms with van der Waals surface area (Å²) in [6.07, 6.45) is 1.21. The second-order valence-corrected chi connectivity index (χ2v) is 6.11. The molecule has 1 N–H and O–H groups in total. The first kappa shape index (κ1) is 18.5. The highest BCUT2D eigenvalue weighted by atomic mass is 19.1. The van der Waals surface area contributed by atoms with Gasteiger partial charge in [0.25, 0.3) is 5.56 Å². The smallest absolute Gasteiger partial charge is 0.355 e. The number of benzene rings is 1. The molecule has 0 spiro atoms. The number of carbonyl (C=O) groups is 2. The summed E-state index contributed by atoms with van der Waals surface area (Å²) in [6.45, 7) is 4.99. The summed E-state index contributed by atoms with van der Waals surface area (Å²) in [4.78, 5) is 44.2. The highest BCUT2D eigenvalue weighted by molar-refractivity contribution is 6.02. The first-order chi connectivity index (χ1) is 12.8. The van der Waals surface area contributed by atoms with E-state index in [4.69, 9.17) is 4.74 Å². The number of ether oxygens (including phenoxy) is 1. The zero-order chi connectivity index (χ0) is 19.7. The molecule has 0 saturated carbocycles. The van der Waals surface area contributed by atoms with Crippen LogP contribution in [0.2, 0.25) is 0 Å². The number of hydrogen-bond acceptors (Lipinski definition) is 5. The standard InChI is InChI=1S/C19H18FN3O4/c1-4-27-19(26)17-10(2)16(11(3)22-17)15(24)8-23-9-21-14-7-12(20)5-6-13(14)18(23)25/h5-7,9,22H,4,8H2,1-3H3. The van der Waals surface area contributed by atoms with Gasteiger partial charge in [-0.15, -0.1) is 0 Å². The quantitative estimate of drug-likeness (QED) is 0.549. The summed E-state index contributed by atoms with van der Waals surface area (Å²) in [5.41, 5.74) is 1.33. The van der Waals surface area contributed by atoms with Crippen molar-refractivity contribution >= 4 is 22.7 Å². The van der Waals surface area contributed by atoms with Crippen LogP contribution in [0.15, 0.2) is 29.3 Å². The molecule has 140 valence electrons. The molecule has 0 fully saturated rings. The second-order valence-electron chi connectivity index (χ2n) is 6.11. The number of carbonyl (C=O) groups excluding carboxylic acids is 2. The third-order valence-corrected chi connectivity index (χ3v) is 4.30. The van der Waals surface area contributed by atoms with Crippen molar-refractivity contribution < 1.29 is 18.7 Å². The van der Waals surface area contributed by atoms with Gasteiger partial charge in [0.2, 0.25) is 0 Å². The number of aromatic nitrogens is 3. The summed E-state index contributed by atoms with van der Waals surface area (Å²) in [6, 6.07) is 3.67. The summed E-state index contributed by atoms with van der Waals surface area (Å²) >= 11 is 0. The van der Waals surface area contributed by atoms with E-state index in [0.717, 1.165) is 6.07 Å². The molecular formula is C19H18FN3O4. The topological polar surface area (TPSA) is 94.1 Å². The lowest BCUT2D eigenvalue weighted by atomic mass is 10.1. The van der Waals surface area contributed by atoms with Crippen molar-refractivity contribution in [3.05, 3.63) is 63.2 Å².